The fourth-order valence-electron chi connectivity index (χ4n) is 1.05. The molecule has 0 saturated heterocycles. The van der Waals surface area contributed by atoms with E-state index in [9.17, 15) is 13.2 Å². The Balaban J connectivity index is 3.24. The molecule has 5 nitrogen and oxygen atoms in total. The first kappa shape index (κ1) is 11.9. The Morgan fingerprint density at radius 1 is 1.44 bits per heavy atom. The molecule has 0 radical (unpaired) electrons. The summed E-state index contributed by atoms with van der Waals surface area (Å²) in [6, 6.07) is 1.67. The fourth-order valence-corrected chi connectivity index (χ4v) is 1.05. The van der Waals surface area contributed by atoms with Gasteiger partial charge >= 0.3 is 6.36 Å². The van der Waals surface area contributed by atoms with Gasteiger partial charge in [-0.2, -0.15) is 5.26 Å². The number of aromatic nitrogens is 1. The minimum atomic E-state index is -4.91. The van der Waals surface area contributed by atoms with E-state index in [0.717, 1.165) is 6.20 Å². The summed E-state index contributed by atoms with van der Waals surface area (Å²) in [5.41, 5.74) is 10.4. The third kappa shape index (κ3) is 2.66. The third-order valence-corrected chi connectivity index (χ3v) is 1.67. The zero-order valence-electron chi connectivity index (χ0n) is 7.88. The van der Waals surface area contributed by atoms with Crippen LogP contribution < -0.4 is 16.2 Å². The molecule has 0 aliphatic heterocycles. The molecule has 1 aromatic heterocycles. The minimum absolute atomic E-state index is 0.0741. The number of pyridine rings is 1. The standard InChI is InChI=1S/C8H7F3N4O/c9-8(10,11)16-6-4(1-2-12)5(13)3-15-7(6)14/h3H,1,13H2,(H2,14,15). The summed E-state index contributed by atoms with van der Waals surface area (Å²) in [5, 5.41) is 8.45. The molecule has 86 valence electrons. The number of nitrogens with zero attached hydrogens (tertiary/aromatic N) is 2. The van der Waals surface area contributed by atoms with E-state index in [4.69, 9.17) is 16.7 Å². The Morgan fingerprint density at radius 3 is 2.56 bits per heavy atom. The molecule has 8 heteroatoms. The quantitative estimate of drug-likeness (QED) is 0.798. The van der Waals surface area contributed by atoms with Crippen LogP contribution in [0.2, 0.25) is 0 Å². The van der Waals surface area contributed by atoms with Gasteiger partial charge < -0.3 is 16.2 Å². The number of ether oxygens (including phenoxy) is 1. The van der Waals surface area contributed by atoms with Crippen molar-refractivity contribution in [2.45, 2.75) is 12.8 Å². The summed E-state index contributed by atoms with van der Waals surface area (Å²) in [5.74, 6) is -1.18. The normalized spacial score (nSPS) is 10.9. The number of hydrogen-bond acceptors (Lipinski definition) is 5. The number of alkyl halides is 3. The number of halogens is 3. The van der Waals surface area contributed by atoms with Crippen LogP contribution in [0.3, 0.4) is 0 Å². The number of anilines is 2. The minimum Gasteiger partial charge on any atom is -0.401 e. The lowest BCUT2D eigenvalue weighted by Gasteiger charge is -2.14. The number of nitrogen functional groups attached to an aromatic ring is 2. The fraction of sp³-hybridized carbons (Fsp3) is 0.250. The second-order valence-corrected chi connectivity index (χ2v) is 2.79. The second kappa shape index (κ2) is 4.14. The highest BCUT2D eigenvalue weighted by molar-refractivity contribution is 5.62. The maximum absolute atomic E-state index is 12.0. The smallest absolute Gasteiger partial charge is 0.401 e. The number of nitrogens with two attached hydrogens (primary N) is 2. The predicted molar refractivity (Wildman–Crippen MR) is 49.1 cm³/mol. The van der Waals surface area contributed by atoms with Crippen LogP contribution in [0, 0.1) is 11.3 Å². The van der Waals surface area contributed by atoms with Crippen LogP contribution in [0.1, 0.15) is 5.56 Å². The van der Waals surface area contributed by atoms with E-state index in [1.807, 2.05) is 0 Å². The summed E-state index contributed by atoms with van der Waals surface area (Å²) in [7, 11) is 0. The van der Waals surface area contributed by atoms with Gasteiger partial charge in [-0.05, 0) is 0 Å². The van der Waals surface area contributed by atoms with Crippen molar-refractivity contribution < 1.29 is 17.9 Å². The van der Waals surface area contributed by atoms with Crippen LogP contribution in [0.4, 0.5) is 24.7 Å². The van der Waals surface area contributed by atoms with E-state index in [0.29, 0.717) is 0 Å². The Bertz CT molecular complexity index is 438. The van der Waals surface area contributed by atoms with E-state index < -0.39 is 17.9 Å². The van der Waals surface area contributed by atoms with Crippen molar-refractivity contribution in [1.29, 1.82) is 5.26 Å². The Morgan fingerprint density at radius 2 is 2.06 bits per heavy atom. The lowest BCUT2D eigenvalue weighted by atomic mass is 10.1. The van der Waals surface area contributed by atoms with Crippen LogP contribution in [0.15, 0.2) is 6.20 Å². The largest absolute Gasteiger partial charge is 0.573 e. The maximum Gasteiger partial charge on any atom is 0.573 e. The summed E-state index contributed by atoms with van der Waals surface area (Å²) < 4.78 is 39.8. The molecule has 0 aromatic carbocycles. The average Bonchev–Trinajstić information content (AvgIpc) is 2.15. The first-order valence-electron chi connectivity index (χ1n) is 4.00. The molecule has 0 atom stereocenters. The molecule has 0 aliphatic rings. The Labute approximate surface area is 88.4 Å². The second-order valence-electron chi connectivity index (χ2n) is 2.79. The van der Waals surface area contributed by atoms with Gasteiger partial charge in [0.15, 0.2) is 11.6 Å². The van der Waals surface area contributed by atoms with E-state index in [2.05, 4.69) is 9.72 Å². The van der Waals surface area contributed by atoms with Gasteiger partial charge in [0.2, 0.25) is 0 Å². The van der Waals surface area contributed by atoms with Gasteiger partial charge in [-0.15, -0.1) is 13.2 Å². The number of rotatable bonds is 2. The van der Waals surface area contributed by atoms with Crippen molar-refractivity contribution in [3.63, 3.8) is 0 Å². The lowest BCUT2D eigenvalue weighted by Crippen LogP contribution is -2.20. The van der Waals surface area contributed by atoms with Gasteiger partial charge in [0.25, 0.3) is 0 Å². The molecule has 1 rings (SSSR count). The van der Waals surface area contributed by atoms with Gasteiger partial charge in [-0.3, -0.25) is 0 Å². The van der Waals surface area contributed by atoms with Gasteiger partial charge in [-0.1, -0.05) is 0 Å². The maximum atomic E-state index is 12.0. The van der Waals surface area contributed by atoms with Gasteiger partial charge in [0.1, 0.15) is 0 Å². The topological polar surface area (TPSA) is 98.0 Å². The Hall–Kier alpha value is -2.17. The molecule has 1 aromatic rings. The monoisotopic (exact) mass is 232 g/mol. The summed E-state index contributed by atoms with van der Waals surface area (Å²) in [4.78, 5) is 3.42. The van der Waals surface area contributed by atoms with Crippen molar-refractivity contribution in [2.75, 3.05) is 11.5 Å². The molecule has 0 fully saturated rings. The Kier molecular flexibility index (Phi) is 3.08. The molecule has 0 unspecified atom stereocenters. The van der Waals surface area contributed by atoms with Gasteiger partial charge in [0, 0.05) is 5.56 Å². The van der Waals surface area contributed by atoms with Crippen LogP contribution in [0.25, 0.3) is 0 Å². The van der Waals surface area contributed by atoms with E-state index in [-0.39, 0.29) is 17.7 Å². The van der Waals surface area contributed by atoms with E-state index in [1.165, 1.54) is 0 Å². The highest BCUT2D eigenvalue weighted by Crippen LogP contribution is 2.33. The van der Waals surface area contributed by atoms with Gasteiger partial charge in [-0.25, -0.2) is 4.98 Å². The van der Waals surface area contributed by atoms with Crippen molar-refractivity contribution in [3.05, 3.63) is 11.8 Å². The molecule has 0 spiro atoms. The average molecular weight is 232 g/mol. The molecular weight excluding hydrogens is 225 g/mol. The van der Waals surface area contributed by atoms with Crippen molar-refractivity contribution in [1.82, 2.24) is 4.98 Å². The number of nitriles is 1. The molecular formula is C8H7F3N4O. The lowest BCUT2D eigenvalue weighted by molar-refractivity contribution is -0.274. The molecule has 16 heavy (non-hydrogen) atoms. The van der Waals surface area contributed by atoms with Crippen LogP contribution in [-0.4, -0.2) is 11.3 Å². The van der Waals surface area contributed by atoms with Gasteiger partial charge in [0.05, 0.1) is 24.4 Å². The zero-order valence-corrected chi connectivity index (χ0v) is 7.88. The van der Waals surface area contributed by atoms with Crippen LogP contribution in [-0.2, 0) is 6.42 Å². The van der Waals surface area contributed by atoms with Crippen molar-refractivity contribution in [2.24, 2.45) is 0 Å². The SMILES string of the molecule is N#CCc1c(N)cnc(N)c1OC(F)(F)F. The summed E-state index contributed by atoms with van der Waals surface area (Å²) in [6.07, 6.45) is -4.18. The first-order valence-corrected chi connectivity index (χ1v) is 4.00. The molecule has 0 aliphatic carbocycles. The molecule has 0 saturated carbocycles. The zero-order chi connectivity index (χ0) is 12.3. The molecule has 0 bridgehead atoms. The molecule has 4 N–H and O–H groups in total. The highest BCUT2D eigenvalue weighted by atomic mass is 19.4. The summed E-state index contributed by atoms with van der Waals surface area (Å²) in [6.45, 7) is 0. The molecule has 0 amide bonds. The van der Waals surface area contributed by atoms with E-state index >= 15 is 0 Å². The van der Waals surface area contributed by atoms with Crippen LogP contribution >= 0.6 is 0 Å². The predicted octanol–water partition coefficient (Wildman–Crippen LogP) is 1.21. The third-order valence-electron chi connectivity index (χ3n) is 1.67. The van der Waals surface area contributed by atoms with E-state index in [1.54, 1.807) is 6.07 Å². The van der Waals surface area contributed by atoms with Crippen molar-refractivity contribution >= 4 is 11.5 Å². The van der Waals surface area contributed by atoms with Crippen LogP contribution in [0.5, 0.6) is 5.75 Å². The highest BCUT2D eigenvalue weighted by Gasteiger charge is 2.33. The molecule has 1 heterocycles. The summed E-state index contributed by atoms with van der Waals surface area (Å²) >= 11 is 0. The first-order chi connectivity index (χ1) is 7.35. The number of hydrogen-bond donors (Lipinski definition) is 2. The van der Waals surface area contributed by atoms with Crippen molar-refractivity contribution in [3.8, 4) is 11.8 Å².